The molecule has 0 radical (unpaired) electrons. The fraction of sp³-hybridized carbons (Fsp3) is 0.300. The van der Waals surface area contributed by atoms with Crippen LogP contribution in [0.1, 0.15) is 25.0 Å². The second kappa shape index (κ2) is 10.3. The predicted octanol–water partition coefficient (Wildman–Crippen LogP) is 4.04. The molecule has 2 N–H and O–H groups in total. The average Bonchev–Trinajstić information content (AvgIpc) is 2.64. The summed E-state index contributed by atoms with van der Waals surface area (Å²) in [5.41, 5.74) is 2.91. The van der Waals surface area contributed by atoms with Gasteiger partial charge in [0.05, 0.1) is 25.7 Å². The number of ether oxygens (including phenoxy) is 2. The van der Waals surface area contributed by atoms with E-state index in [4.69, 9.17) is 27.0 Å². The van der Waals surface area contributed by atoms with E-state index in [2.05, 4.69) is 16.7 Å². The maximum atomic E-state index is 8.70. The number of nitriles is 1. The predicted molar refractivity (Wildman–Crippen MR) is 108 cm³/mol. The quantitative estimate of drug-likeness (QED) is 0.685. The summed E-state index contributed by atoms with van der Waals surface area (Å²) >= 11 is 5.34. The lowest BCUT2D eigenvalue weighted by Crippen LogP contribution is -2.27. The Labute approximate surface area is 159 Å². The van der Waals surface area contributed by atoms with Gasteiger partial charge in [0, 0.05) is 12.2 Å². The van der Waals surface area contributed by atoms with Gasteiger partial charge in [-0.1, -0.05) is 18.2 Å². The lowest BCUT2D eigenvalue weighted by Gasteiger charge is -2.14. The van der Waals surface area contributed by atoms with Crippen LogP contribution in [0.25, 0.3) is 0 Å². The van der Waals surface area contributed by atoms with Gasteiger partial charge >= 0.3 is 0 Å². The van der Waals surface area contributed by atoms with Crippen LogP contribution < -0.4 is 20.1 Å². The molecule has 0 fully saturated rings. The van der Waals surface area contributed by atoms with Gasteiger partial charge in [-0.2, -0.15) is 5.26 Å². The third kappa shape index (κ3) is 5.94. The van der Waals surface area contributed by atoms with Gasteiger partial charge in [-0.05, 0) is 61.5 Å². The van der Waals surface area contributed by atoms with Crippen LogP contribution in [0, 0.1) is 11.3 Å². The summed E-state index contributed by atoms with van der Waals surface area (Å²) in [6, 6.07) is 15.6. The molecule has 0 amide bonds. The van der Waals surface area contributed by atoms with Crippen LogP contribution in [0.15, 0.2) is 42.5 Å². The molecule has 0 bridgehead atoms. The Morgan fingerprint density at radius 2 is 1.65 bits per heavy atom. The van der Waals surface area contributed by atoms with Crippen LogP contribution in [0.4, 0.5) is 5.69 Å². The zero-order valence-electron chi connectivity index (χ0n) is 15.0. The molecule has 0 aliphatic rings. The van der Waals surface area contributed by atoms with Crippen molar-refractivity contribution in [3.63, 3.8) is 0 Å². The Morgan fingerprint density at radius 3 is 2.31 bits per heavy atom. The molecule has 2 aromatic rings. The topological polar surface area (TPSA) is 66.3 Å². The smallest absolute Gasteiger partial charge is 0.171 e. The number of hydrogen-bond acceptors (Lipinski definition) is 4. The van der Waals surface area contributed by atoms with Crippen LogP contribution >= 0.6 is 12.2 Å². The van der Waals surface area contributed by atoms with Gasteiger partial charge in [0.15, 0.2) is 16.6 Å². The Hall–Kier alpha value is -2.78. The van der Waals surface area contributed by atoms with Crippen LogP contribution in [-0.2, 0) is 13.0 Å². The van der Waals surface area contributed by atoms with Crippen molar-refractivity contribution >= 4 is 23.0 Å². The summed E-state index contributed by atoms with van der Waals surface area (Å²) in [5, 5.41) is 15.5. The molecule has 0 unspecified atom stereocenters. The second-order valence-electron chi connectivity index (χ2n) is 5.49. The molecule has 0 aromatic heterocycles. The molecule has 136 valence electrons. The molecule has 0 aliphatic carbocycles. The molecular formula is C20H23N3O2S. The third-order valence-electron chi connectivity index (χ3n) is 3.56. The normalized spacial score (nSPS) is 9.88. The van der Waals surface area contributed by atoms with E-state index < -0.39 is 0 Å². The van der Waals surface area contributed by atoms with Gasteiger partial charge < -0.3 is 20.1 Å². The summed E-state index contributed by atoms with van der Waals surface area (Å²) in [4.78, 5) is 0. The lowest BCUT2D eigenvalue weighted by molar-refractivity contribution is 0.287. The lowest BCUT2D eigenvalue weighted by atomic mass is 10.1. The maximum Gasteiger partial charge on any atom is 0.171 e. The monoisotopic (exact) mass is 369 g/mol. The highest BCUT2D eigenvalue weighted by molar-refractivity contribution is 7.80. The molecule has 0 saturated heterocycles. The third-order valence-corrected chi connectivity index (χ3v) is 3.80. The zero-order chi connectivity index (χ0) is 18.8. The first-order valence-corrected chi connectivity index (χ1v) is 8.96. The van der Waals surface area contributed by atoms with Crippen molar-refractivity contribution < 1.29 is 9.47 Å². The molecule has 2 aromatic carbocycles. The number of thiocarbonyl (C=S) groups is 1. The van der Waals surface area contributed by atoms with E-state index in [0.29, 0.717) is 31.3 Å². The number of anilines is 1. The van der Waals surface area contributed by atoms with E-state index in [1.54, 1.807) is 0 Å². The molecule has 0 heterocycles. The number of nitrogens with zero attached hydrogens (tertiary/aromatic N) is 1. The summed E-state index contributed by atoms with van der Waals surface area (Å²) < 4.78 is 11.2. The first-order valence-electron chi connectivity index (χ1n) is 8.55. The average molecular weight is 369 g/mol. The van der Waals surface area contributed by atoms with E-state index in [1.807, 2.05) is 56.3 Å². The van der Waals surface area contributed by atoms with Crippen molar-refractivity contribution in [2.24, 2.45) is 0 Å². The van der Waals surface area contributed by atoms with Gasteiger partial charge in [-0.3, -0.25) is 0 Å². The number of nitrogens with one attached hydrogen (secondary N) is 2. The summed E-state index contributed by atoms with van der Waals surface area (Å²) in [6.07, 6.45) is 0.406. The van der Waals surface area contributed by atoms with Gasteiger partial charge in [0.2, 0.25) is 0 Å². The first-order chi connectivity index (χ1) is 12.7. The van der Waals surface area contributed by atoms with Crippen LogP contribution in [0.3, 0.4) is 0 Å². The zero-order valence-corrected chi connectivity index (χ0v) is 15.9. The highest BCUT2D eigenvalue weighted by atomic mass is 32.1. The van der Waals surface area contributed by atoms with Gasteiger partial charge in [0.25, 0.3) is 0 Å². The number of benzene rings is 2. The van der Waals surface area contributed by atoms with Crippen molar-refractivity contribution in [1.82, 2.24) is 5.32 Å². The molecule has 5 nitrogen and oxygen atoms in total. The Bertz CT molecular complexity index is 770. The Kier molecular flexibility index (Phi) is 7.72. The largest absolute Gasteiger partial charge is 0.490 e. The number of hydrogen-bond donors (Lipinski definition) is 2. The van der Waals surface area contributed by atoms with E-state index in [1.165, 1.54) is 0 Å². The molecule has 0 saturated carbocycles. The van der Waals surface area contributed by atoms with Crippen molar-refractivity contribution in [3.05, 3.63) is 53.6 Å². The fourth-order valence-corrected chi connectivity index (χ4v) is 2.55. The molecule has 0 atom stereocenters. The summed E-state index contributed by atoms with van der Waals surface area (Å²) in [7, 11) is 0. The van der Waals surface area contributed by atoms with E-state index in [-0.39, 0.29) is 0 Å². The first kappa shape index (κ1) is 19.5. The minimum absolute atomic E-state index is 0.406. The summed E-state index contributed by atoms with van der Waals surface area (Å²) in [5.74, 6) is 1.48. The van der Waals surface area contributed by atoms with Gasteiger partial charge in [-0.15, -0.1) is 0 Å². The molecular weight excluding hydrogens is 346 g/mol. The molecule has 0 spiro atoms. The standard InChI is InChI=1S/C20H23N3O2S/c1-3-24-18-10-7-16(13-19(18)25-4-2)14-22-20(26)23-17-8-5-15(6-9-17)11-12-21/h5-10,13H,3-4,11,14H2,1-2H3,(H2,22,23,26). The van der Waals surface area contributed by atoms with Gasteiger partial charge in [-0.25, -0.2) is 0 Å². The Morgan fingerprint density at radius 1 is 1.00 bits per heavy atom. The van der Waals surface area contributed by atoms with Crippen molar-refractivity contribution in [3.8, 4) is 17.6 Å². The molecule has 0 aliphatic heterocycles. The van der Waals surface area contributed by atoms with Gasteiger partial charge in [0.1, 0.15) is 0 Å². The number of rotatable bonds is 8. The van der Waals surface area contributed by atoms with E-state index in [0.717, 1.165) is 28.3 Å². The van der Waals surface area contributed by atoms with Crippen molar-refractivity contribution in [2.45, 2.75) is 26.8 Å². The van der Waals surface area contributed by atoms with Crippen LogP contribution in [-0.4, -0.2) is 18.3 Å². The highest BCUT2D eigenvalue weighted by Crippen LogP contribution is 2.28. The van der Waals surface area contributed by atoms with Crippen molar-refractivity contribution in [2.75, 3.05) is 18.5 Å². The van der Waals surface area contributed by atoms with E-state index >= 15 is 0 Å². The SMILES string of the molecule is CCOc1ccc(CNC(=S)Nc2ccc(CC#N)cc2)cc1OCC. The minimum atomic E-state index is 0.406. The highest BCUT2D eigenvalue weighted by Gasteiger charge is 2.07. The second-order valence-corrected chi connectivity index (χ2v) is 5.89. The Balaban J connectivity index is 1.92. The maximum absolute atomic E-state index is 8.70. The van der Waals surface area contributed by atoms with E-state index in [9.17, 15) is 0 Å². The van der Waals surface area contributed by atoms with Crippen LogP contribution in [0.2, 0.25) is 0 Å². The minimum Gasteiger partial charge on any atom is -0.490 e. The molecule has 6 heteroatoms. The van der Waals surface area contributed by atoms with Crippen molar-refractivity contribution in [1.29, 1.82) is 5.26 Å². The fourth-order valence-electron chi connectivity index (χ4n) is 2.36. The molecule has 2 rings (SSSR count). The van der Waals surface area contributed by atoms with Crippen LogP contribution in [0.5, 0.6) is 11.5 Å². The summed E-state index contributed by atoms with van der Waals surface area (Å²) in [6.45, 7) is 5.64. The molecule has 26 heavy (non-hydrogen) atoms.